The van der Waals surface area contributed by atoms with Crippen molar-refractivity contribution >= 4 is 23.4 Å². The molecule has 0 saturated heterocycles. The molecule has 98 valence electrons. The van der Waals surface area contributed by atoms with Gasteiger partial charge in [0.2, 0.25) is 0 Å². The number of phenolic OH excluding ortho intramolecular Hbond substituents is 1. The Morgan fingerprint density at radius 3 is 2.58 bits per heavy atom. The number of hydrogen-bond acceptors (Lipinski definition) is 3. The number of carbonyl (C=O) groups is 1. The topological polar surface area (TPSA) is 49.3 Å². The smallest absolute Gasteiger partial charge is 0.255 e. The van der Waals surface area contributed by atoms with Crippen molar-refractivity contribution < 1.29 is 9.90 Å². The van der Waals surface area contributed by atoms with Crippen LogP contribution in [0.15, 0.2) is 48.5 Å². The second-order valence-electron chi connectivity index (χ2n) is 4.13. The predicted octanol–water partition coefficient (Wildman–Crippen LogP) is 3.51. The second-order valence-corrected chi connectivity index (χ2v) is 5.00. The normalized spacial score (nSPS) is 10.2. The van der Waals surface area contributed by atoms with Gasteiger partial charge in [-0.15, -0.1) is 0 Å². The monoisotopic (exact) mass is 273 g/mol. The zero-order valence-electron chi connectivity index (χ0n) is 10.6. The molecule has 0 aliphatic carbocycles. The molecule has 0 radical (unpaired) electrons. The molecule has 0 unspecified atom stereocenters. The summed E-state index contributed by atoms with van der Waals surface area (Å²) in [5.41, 5.74) is 2.38. The molecule has 0 aromatic heterocycles. The Labute approximate surface area is 116 Å². The van der Waals surface area contributed by atoms with Crippen LogP contribution in [0.3, 0.4) is 0 Å². The third-order valence-corrected chi connectivity index (χ3v) is 3.25. The van der Waals surface area contributed by atoms with Crippen LogP contribution in [0.25, 0.3) is 0 Å². The number of carbonyl (C=O) groups excluding carboxylic acids is 1. The fourth-order valence-corrected chi connectivity index (χ4v) is 2.23. The van der Waals surface area contributed by atoms with Crippen LogP contribution in [0.1, 0.15) is 15.9 Å². The Balaban J connectivity index is 2.07. The molecule has 0 heterocycles. The highest BCUT2D eigenvalue weighted by Gasteiger charge is 2.06. The Kier molecular flexibility index (Phi) is 4.47. The Hall–Kier alpha value is -1.94. The summed E-state index contributed by atoms with van der Waals surface area (Å²) < 4.78 is 0. The third-order valence-electron chi connectivity index (χ3n) is 2.63. The van der Waals surface area contributed by atoms with Crippen LogP contribution in [0, 0.1) is 0 Å². The van der Waals surface area contributed by atoms with Crippen LogP contribution in [-0.4, -0.2) is 17.3 Å². The first-order valence-corrected chi connectivity index (χ1v) is 7.26. The molecule has 3 nitrogen and oxygen atoms in total. The lowest BCUT2D eigenvalue weighted by Gasteiger charge is -2.06. The minimum atomic E-state index is -0.179. The van der Waals surface area contributed by atoms with Crippen molar-refractivity contribution in [2.24, 2.45) is 0 Å². The largest absolute Gasteiger partial charge is 0.508 e. The summed E-state index contributed by atoms with van der Waals surface area (Å²) >= 11 is 1.74. The zero-order valence-corrected chi connectivity index (χ0v) is 11.4. The van der Waals surface area contributed by atoms with Crippen LogP contribution in [0.2, 0.25) is 0 Å². The summed E-state index contributed by atoms with van der Waals surface area (Å²) in [6, 6.07) is 14.0. The predicted molar refractivity (Wildman–Crippen MR) is 79.7 cm³/mol. The highest BCUT2D eigenvalue weighted by molar-refractivity contribution is 7.97. The number of aromatic hydroxyl groups is 1. The van der Waals surface area contributed by atoms with Gasteiger partial charge in [0, 0.05) is 23.1 Å². The molecule has 1 amide bonds. The summed E-state index contributed by atoms with van der Waals surface area (Å²) in [5.74, 6) is 0.892. The molecule has 2 N–H and O–H groups in total. The van der Waals surface area contributed by atoms with Gasteiger partial charge in [0.15, 0.2) is 0 Å². The van der Waals surface area contributed by atoms with Crippen LogP contribution < -0.4 is 5.32 Å². The third kappa shape index (κ3) is 3.76. The molecule has 0 atom stereocenters. The van der Waals surface area contributed by atoms with Gasteiger partial charge in [-0.1, -0.05) is 18.2 Å². The first-order valence-electron chi connectivity index (χ1n) is 5.87. The van der Waals surface area contributed by atoms with E-state index < -0.39 is 0 Å². The number of anilines is 1. The SMILES string of the molecule is CSCc1ccc(C(=O)Nc2cccc(O)c2)cc1. The average Bonchev–Trinajstić information content (AvgIpc) is 2.40. The average molecular weight is 273 g/mol. The van der Waals surface area contributed by atoms with Crippen LogP contribution in [0.5, 0.6) is 5.75 Å². The quantitative estimate of drug-likeness (QED) is 0.896. The lowest BCUT2D eigenvalue weighted by molar-refractivity contribution is 0.102. The Bertz CT molecular complexity index is 567. The van der Waals surface area contributed by atoms with Crippen LogP contribution in [0.4, 0.5) is 5.69 Å². The molecule has 2 rings (SSSR count). The van der Waals surface area contributed by atoms with Crippen molar-refractivity contribution in [3.05, 3.63) is 59.7 Å². The van der Waals surface area contributed by atoms with E-state index in [1.807, 2.05) is 30.5 Å². The highest BCUT2D eigenvalue weighted by atomic mass is 32.2. The lowest BCUT2D eigenvalue weighted by Crippen LogP contribution is -2.11. The van der Waals surface area contributed by atoms with Crippen molar-refractivity contribution in [1.29, 1.82) is 0 Å². The van der Waals surface area contributed by atoms with Gasteiger partial charge in [0.05, 0.1) is 0 Å². The van der Waals surface area contributed by atoms with Gasteiger partial charge in [-0.3, -0.25) is 4.79 Å². The summed E-state index contributed by atoms with van der Waals surface area (Å²) in [5, 5.41) is 12.1. The maximum Gasteiger partial charge on any atom is 0.255 e. The van der Waals surface area contributed by atoms with E-state index in [0.29, 0.717) is 11.3 Å². The highest BCUT2D eigenvalue weighted by Crippen LogP contribution is 2.17. The molecule has 0 aliphatic heterocycles. The standard InChI is InChI=1S/C15H15NO2S/c1-19-10-11-5-7-12(8-6-11)15(18)16-13-3-2-4-14(17)9-13/h2-9,17H,10H2,1H3,(H,16,18). The summed E-state index contributed by atoms with van der Waals surface area (Å²) in [6.45, 7) is 0. The van der Waals surface area contributed by atoms with Crippen LogP contribution >= 0.6 is 11.8 Å². The molecule has 2 aromatic carbocycles. The van der Waals surface area contributed by atoms with Gasteiger partial charge in [0.25, 0.3) is 5.91 Å². The molecular formula is C15H15NO2S. The van der Waals surface area contributed by atoms with Crippen LogP contribution in [-0.2, 0) is 5.75 Å². The second kappa shape index (κ2) is 6.29. The summed E-state index contributed by atoms with van der Waals surface area (Å²) in [7, 11) is 0. The van der Waals surface area contributed by atoms with E-state index in [4.69, 9.17) is 0 Å². The van der Waals surface area contributed by atoms with E-state index in [9.17, 15) is 9.90 Å². The molecule has 0 fully saturated rings. The van der Waals surface area contributed by atoms with Gasteiger partial charge in [-0.2, -0.15) is 11.8 Å². The van der Waals surface area contributed by atoms with E-state index in [-0.39, 0.29) is 11.7 Å². The van der Waals surface area contributed by atoms with E-state index in [1.54, 1.807) is 30.0 Å². The van der Waals surface area contributed by atoms with Crippen molar-refractivity contribution in [2.75, 3.05) is 11.6 Å². The number of thioether (sulfide) groups is 1. The van der Waals surface area contributed by atoms with Gasteiger partial charge < -0.3 is 10.4 Å². The molecule has 0 saturated carbocycles. The van der Waals surface area contributed by atoms with E-state index in [2.05, 4.69) is 5.32 Å². The molecule has 4 heteroatoms. The molecule has 0 bridgehead atoms. The maximum absolute atomic E-state index is 12.0. The number of amides is 1. The number of rotatable bonds is 4. The first-order chi connectivity index (χ1) is 9.19. The zero-order chi connectivity index (χ0) is 13.7. The first kappa shape index (κ1) is 13.5. The van der Waals surface area contributed by atoms with Gasteiger partial charge >= 0.3 is 0 Å². The maximum atomic E-state index is 12.0. The molecule has 2 aromatic rings. The Morgan fingerprint density at radius 2 is 1.95 bits per heavy atom. The van der Waals surface area contributed by atoms with E-state index >= 15 is 0 Å². The molecular weight excluding hydrogens is 258 g/mol. The molecule has 19 heavy (non-hydrogen) atoms. The van der Waals surface area contributed by atoms with Crippen molar-refractivity contribution in [3.63, 3.8) is 0 Å². The van der Waals surface area contributed by atoms with Gasteiger partial charge in [-0.25, -0.2) is 0 Å². The summed E-state index contributed by atoms with van der Waals surface area (Å²) in [6.07, 6.45) is 2.04. The number of hydrogen-bond donors (Lipinski definition) is 2. The number of nitrogens with one attached hydrogen (secondary N) is 1. The lowest BCUT2D eigenvalue weighted by atomic mass is 10.1. The van der Waals surface area contributed by atoms with Crippen molar-refractivity contribution in [3.8, 4) is 5.75 Å². The fourth-order valence-electron chi connectivity index (χ4n) is 1.71. The minimum Gasteiger partial charge on any atom is -0.508 e. The number of benzene rings is 2. The van der Waals surface area contributed by atoms with Gasteiger partial charge in [-0.05, 0) is 36.1 Å². The molecule has 0 aliphatic rings. The van der Waals surface area contributed by atoms with Crippen molar-refractivity contribution in [2.45, 2.75) is 5.75 Å². The fraction of sp³-hybridized carbons (Fsp3) is 0.133. The van der Waals surface area contributed by atoms with E-state index in [1.165, 1.54) is 11.6 Å². The summed E-state index contributed by atoms with van der Waals surface area (Å²) in [4.78, 5) is 12.0. The number of phenols is 1. The van der Waals surface area contributed by atoms with Gasteiger partial charge in [0.1, 0.15) is 5.75 Å². The van der Waals surface area contributed by atoms with E-state index in [0.717, 1.165) is 5.75 Å². The molecule has 0 spiro atoms. The Morgan fingerprint density at radius 1 is 1.21 bits per heavy atom. The van der Waals surface area contributed by atoms with Crippen molar-refractivity contribution in [1.82, 2.24) is 0 Å². The minimum absolute atomic E-state index is 0.133.